The van der Waals surface area contributed by atoms with E-state index in [9.17, 15) is 4.79 Å². The Hall–Kier alpha value is -0.570. The van der Waals surface area contributed by atoms with Crippen molar-refractivity contribution >= 4 is 5.91 Å². The van der Waals surface area contributed by atoms with Crippen LogP contribution in [0.3, 0.4) is 0 Å². The molecule has 1 aliphatic carbocycles. The molecule has 0 unspecified atom stereocenters. The minimum atomic E-state index is 0.273. The van der Waals surface area contributed by atoms with Crippen molar-refractivity contribution in [1.82, 2.24) is 10.6 Å². The van der Waals surface area contributed by atoms with E-state index in [1.807, 2.05) is 0 Å². The van der Waals surface area contributed by atoms with Crippen molar-refractivity contribution in [3.05, 3.63) is 0 Å². The van der Waals surface area contributed by atoms with Gasteiger partial charge in [0.1, 0.15) is 0 Å². The van der Waals surface area contributed by atoms with Gasteiger partial charge >= 0.3 is 0 Å². The number of amides is 1. The molecule has 0 aromatic heterocycles. The Morgan fingerprint density at radius 2 is 1.82 bits per heavy atom. The smallest absolute Gasteiger partial charge is 0.220 e. The lowest BCUT2D eigenvalue weighted by Crippen LogP contribution is -2.42. The minimum Gasteiger partial charge on any atom is -0.353 e. The molecule has 0 radical (unpaired) electrons. The van der Waals surface area contributed by atoms with Gasteiger partial charge in [-0.1, -0.05) is 25.7 Å². The highest BCUT2D eigenvalue weighted by Gasteiger charge is 2.17. The summed E-state index contributed by atoms with van der Waals surface area (Å²) < 4.78 is 0. The zero-order valence-electron chi connectivity index (χ0n) is 10.8. The lowest BCUT2D eigenvalue weighted by molar-refractivity contribution is -0.122. The molecule has 0 spiro atoms. The molecule has 3 nitrogen and oxygen atoms in total. The Kier molecular flexibility index (Phi) is 5.30. The number of piperidine rings is 1. The second kappa shape index (κ2) is 7.00. The number of hydrogen-bond acceptors (Lipinski definition) is 2. The molecule has 2 aliphatic rings. The van der Waals surface area contributed by atoms with Gasteiger partial charge in [-0.05, 0) is 44.7 Å². The lowest BCUT2D eigenvalue weighted by Gasteiger charge is -2.23. The van der Waals surface area contributed by atoms with Gasteiger partial charge in [0.15, 0.2) is 0 Å². The summed E-state index contributed by atoms with van der Waals surface area (Å²) in [5.74, 6) is 1.19. The molecule has 2 fully saturated rings. The minimum absolute atomic E-state index is 0.273. The van der Waals surface area contributed by atoms with Gasteiger partial charge in [0.05, 0.1) is 0 Å². The Bertz CT molecular complexity index is 230. The average Bonchev–Trinajstić information content (AvgIpc) is 2.83. The molecule has 1 saturated carbocycles. The van der Waals surface area contributed by atoms with Crippen molar-refractivity contribution in [2.45, 2.75) is 63.8 Å². The molecule has 0 aromatic rings. The number of nitrogens with one attached hydrogen (secondary N) is 2. The van der Waals surface area contributed by atoms with E-state index in [2.05, 4.69) is 10.6 Å². The molecule has 2 N–H and O–H groups in total. The zero-order valence-corrected chi connectivity index (χ0v) is 10.8. The third-order valence-corrected chi connectivity index (χ3v) is 4.20. The largest absolute Gasteiger partial charge is 0.353 e. The summed E-state index contributed by atoms with van der Waals surface area (Å²) in [5.41, 5.74) is 0. The molecular weight excluding hydrogens is 212 g/mol. The van der Waals surface area contributed by atoms with Crippen LogP contribution < -0.4 is 10.6 Å². The third-order valence-electron chi connectivity index (χ3n) is 4.20. The lowest BCUT2D eigenvalue weighted by atomic mass is 10.0. The van der Waals surface area contributed by atoms with Crippen molar-refractivity contribution in [2.75, 3.05) is 13.1 Å². The van der Waals surface area contributed by atoms with E-state index in [4.69, 9.17) is 0 Å². The average molecular weight is 238 g/mol. The molecule has 3 heteroatoms. The first-order valence-corrected chi connectivity index (χ1v) is 7.34. The van der Waals surface area contributed by atoms with Crippen LogP contribution in [0.1, 0.15) is 57.8 Å². The van der Waals surface area contributed by atoms with E-state index in [0.717, 1.165) is 44.7 Å². The van der Waals surface area contributed by atoms with Crippen LogP contribution in [0.15, 0.2) is 0 Å². The predicted molar refractivity (Wildman–Crippen MR) is 69.8 cm³/mol. The summed E-state index contributed by atoms with van der Waals surface area (Å²) in [6.45, 7) is 2.10. The summed E-state index contributed by atoms with van der Waals surface area (Å²) in [6.07, 6.45) is 10.9. The Morgan fingerprint density at radius 1 is 1.12 bits per heavy atom. The van der Waals surface area contributed by atoms with Crippen LogP contribution >= 0.6 is 0 Å². The van der Waals surface area contributed by atoms with Gasteiger partial charge in [0.25, 0.3) is 0 Å². The van der Waals surface area contributed by atoms with E-state index in [-0.39, 0.29) is 5.91 Å². The van der Waals surface area contributed by atoms with Gasteiger partial charge < -0.3 is 10.6 Å². The Balaban J connectivity index is 1.53. The maximum absolute atomic E-state index is 11.8. The molecule has 17 heavy (non-hydrogen) atoms. The van der Waals surface area contributed by atoms with Gasteiger partial charge in [-0.25, -0.2) is 0 Å². The molecule has 0 atom stereocenters. The van der Waals surface area contributed by atoms with E-state index >= 15 is 0 Å². The number of carbonyl (C=O) groups excluding carboxylic acids is 1. The van der Waals surface area contributed by atoms with Gasteiger partial charge in [-0.2, -0.15) is 0 Å². The summed E-state index contributed by atoms with van der Waals surface area (Å²) in [5, 5.41) is 6.48. The van der Waals surface area contributed by atoms with Crippen molar-refractivity contribution in [3.8, 4) is 0 Å². The molecule has 1 saturated heterocycles. The summed E-state index contributed by atoms with van der Waals surface area (Å²) in [7, 11) is 0. The molecule has 0 aromatic carbocycles. The number of rotatable bonds is 5. The van der Waals surface area contributed by atoms with E-state index in [1.54, 1.807) is 0 Å². The first-order valence-electron chi connectivity index (χ1n) is 7.34. The summed E-state index contributed by atoms with van der Waals surface area (Å²) in [6, 6.07) is 0.426. The second-order valence-electron chi connectivity index (χ2n) is 5.63. The first kappa shape index (κ1) is 12.9. The molecule has 2 rings (SSSR count). The molecule has 1 amide bonds. The summed E-state index contributed by atoms with van der Waals surface area (Å²) >= 11 is 0. The highest BCUT2D eigenvalue weighted by atomic mass is 16.1. The van der Waals surface area contributed by atoms with Crippen molar-refractivity contribution in [2.24, 2.45) is 5.92 Å². The molecule has 98 valence electrons. The fourth-order valence-electron chi connectivity index (χ4n) is 3.12. The Morgan fingerprint density at radius 3 is 2.53 bits per heavy atom. The fourth-order valence-corrected chi connectivity index (χ4v) is 3.12. The third kappa shape index (κ3) is 4.66. The highest BCUT2D eigenvalue weighted by molar-refractivity contribution is 5.76. The SMILES string of the molecule is O=C(CCCC1CCCC1)NC1CCNCC1. The van der Waals surface area contributed by atoms with E-state index < -0.39 is 0 Å². The van der Waals surface area contributed by atoms with Crippen LogP contribution in [-0.4, -0.2) is 25.0 Å². The van der Waals surface area contributed by atoms with E-state index in [0.29, 0.717) is 6.04 Å². The Labute approximate surface area is 105 Å². The van der Waals surface area contributed by atoms with Gasteiger partial charge in [-0.3, -0.25) is 4.79 Å². The molecule has 0 bridgehead atoms. The molecule has 1 aliphatic heterocycles. The maximum atomic E-state index is 11.8. The maximum Gasteiger partial charge on any atom is 0.220 e. The molecular formula is C14H26N2O. The number of carbonyl (C=O) groups is 1. The summed E-state index contributed by atoms with van der Waals surface area (Å²) in [4.78, 5) is 11.8. The zero-order chi connectivity index (χ0) is 11.9. The standard InChI is InChI=1S/C14H26N2O/c17-14(16-13-8-10-15-11-9-13)7-3-6-12-4-1-2-5-12/h12-13,15H,1-11H2,(H,16,17). The van der Waals surface area contributed by atoms with Crippen LogP contribution in [-0.2, 0) is 4.79 Å². The second-order valence-corrected chi connectivity index (χ2v) is 5.63. The van der Waals surface area contributed by atoms with Crippen LogP contribution in [0.5, 0.6) is 0 Å². The van der Waals surface area contributed by atoms with Crippen molar-refractivity contribution in [1.29, 1.82) is 0 Å². The van der Waals surface area contributed by atoms with Crippen LogP contribution in [0, 0.1) is 5.92 Å². The van der Waals surface area contributed by atoms with Gasteiger partial charge in [0.2, 0.25) is 5.91 Å². The predicted octanol–water partition coefficient (Wildman–Crippen LogP) is 2.22. The fraction of sp³-hybridized carbons (Fsp3) is 0.929. The highest BCUT2D eigenvalue weighted by Crippen LogP contribution is 2.28. The number of hydrogen-bond donors (Lipinski definition) is 2. The van der Waals surface area contributed by atoms with Gasteiger partial charge in [-0.15, -0.1) is 0 Å². The van der Waals surface area contributed by atoms with Gasteiger partial charge in [0, 0.05) is 12.5 Å². The molecule has 1 heterocycles. The van der Waals surface area contributed by atoms with Crippen LogP contribution in [0.2, 0.25) is 0 Å². The van der Waals surface area contributed by atoms with E-state index in [1.165, 1.54) is 32.1 Å². The normalized spacial score (nSPS) is 22.8. The topological polar surface area (TPSA) is 41.1 Å². The van der Waals surface area contributed by atoms with Crippen molar-refractivity contribution in [3.63, 3.8) is 0 Å². The monoisotopic (exact) mass is 238 g/mol. The first-order chi connectivity index (χ1) is 8.34. The van der Waals surface area contributed by atoms with Crippen LogP contribution in [0.25, 0.3) is 0 Å². The van der Waals surface area contributed by atoms with Crippen LogP contribution in [0.4, 0.5) is 0 Å². The van der Waals surface area contributed by atoms with Crippen molar-refractivity contribution < 1.29 is 4.79 Å². The quantitative estimate of drug-likeness (QED) is 0.771.